The van der Waals surface area contributed by atoms with E-state index in [4.69, 9.17) is 0 Å². The molecule has 0 aliphatic heterocycles. The molecular weight excluding hydrogens is 190 g/mol. The van der Waals surface area contributed by atoms with Gasteiger partial charge in [-0.1, -0.05) is 6.92 Å². The fourth-order valence-electron chi connectivity index (χ4n) is 1.72. The third-order valence-electron chi connectivity index (χ3n) is 3.05. The Bertz CT molecular complexity index is 364. The van der Waals surface area contributed by atoms with Gasteiger partial charge in [-0.05, 0) is 25.3 Å². The summed E-state index contributed by atoms with van der Waals surface area (Å²) in [6.07, 6.45) is 1.03. The van der Waals surface area contributed by atoms with Gasteiger partial charge in [0.1, 0.15) is 0 Å². The molecule has 1 aliphatic carbocycles. The van der Waals surface area contributed by atoms with E-state index in [9.17, 15) is 4.79 Å². The highest BCUT2D eigenvalue weighted by Gasteiger charge is 2.38. The van der Waals surface area contributed by atoms with Crippen LogP contribution in [0.4, 0.5) is 0 Å². The molecule has 82 valence electrons. The number of aryl methyl sites for hydroxylation is 2. The van der Waals surface area contributed by atoms with Crippen molar-refractivity contribution in [2.24, 2.45) is 18.9 Å². The highest BCUT2D eigenvalue weighted by molar-refractivity contribution is 5.81. The topological polar surface area (TPSA) is 46.9 Å². The van der Waals surface area contributed by atoms with Crippen molar-refractivity contribution in [3.05, 3.63) is 17.5 Å². The van der Waals surface area contributed by atoms with Gasteiger partial charge in [-0.3, -0.25) is 9.48 Å². The monoisotopic (exact) mass is 207 g/mol. The molecule has 1 aromatic heterocycles. The number of carbonyl (C=O) groups excluding carboxylic acids is 1. The van der Waals surface area contributed by atoms with Gasteiger partial charge < -0.3 is 5.32 Å². The number of nitrogens with zero attached hydrogens (tertiary/aromatic N) is 2. The number of carbonyl (C=O) groups is 1. The summed E-state index contributed by atoms with van der Waals surface area (Å²) in [4.78, 5) is 11.5. The van der Waals surface area contributed by atoms with Crippen molar-refractivity contribution in [1.82, 2.24) is 15.1 Å². The minimum Gasteiger partial charge on any atom is -0.350 e. The van der Waals surface area contributed by atoms with Crippen LogP contribution in [0.25, 0.3) is 0 Å². The molecule has 0 aromatic carbocycles. The van der Waals surface area contributed by atoms with Gasteiger partial charge in [-0.15, -0.1) is 0 Å². The van der Waals surface area contributed by atoms with E-state index >= 15 is 0 Å². The van der Waals surface area contributed by atoms with E-state index in [1.807, 2.05) is 24.7 Å². The second kappa shape index (κ2) is 3.68. The molecular formula is C11H17N3O. The third kappa shape index (κ3) is 2.19. The Morgan fingerprint density at radius 3 is 2.87 bits per heavy atom. The number of rotatable bonds is 3. The molecule has 0 spiro atoms. The van der Waals surface area contributed by atoms with Crippen LogP contribution in [0, 0.1) is 18.8 Å². The Labute approximate surface area is 89.7 Å². The summed E-state index contributed by atoms with van der Waals surface area (Å²) in [6.45, 7) is 4.65. The maximum atomic E-state index is 11.5. The van der Waals surface area contributed by atoms with Crippen LogP contribution in [-0.4, -0.2) is 15.7 Å². The predicted octanol–water partition coefficient (Wildman–Crippen LogP) is 1.00. The van der Waals surface area contributed by atoms with Crippen LogP contribution in [0.2, 0.25) is 0 Å². The van der Waals surface area contributed by atoms with Crippen molar-refractivity contribution < 1.29 is 4.79 Å². The van der Waals surface area contributed by atoms with E-state index in [1.54, 1.807) is 0 Å². The first-order valence-corrected chi connectivity index (χ1v) is 5.35. The predicted molar refractivity (Wildman–Crippen MR) is 57.1 cm³/mol. The zero-order valence-electron chi connectivity index (χ0n) is 9.45. The normalized spacial score (nSPS) is 23.9. The van der Waals surface area contributed by atoms with Crippen molar-refractivity contribution in [1.29, 1.82) is 0 Å². The van der Waals surface area contributed by atoms with Crippen molar-refractivity contribution >= 4 is 5.91 Å². The zero-order chi connectivity index (χ0) is 11.0. The van der Waals surface area contributed by atoms with E-state index in [1.165, 1.54) is 0 Å². The van der Waals surface area contributed by atoms with Gasteiger partial charge in [-0.25, -0.2) is 0 Å². The second-order valence-electron chi connectivity index (χ2n) is 4.44. The minimum atomic E-state index is 0.172. The highest BCUT2D eigenvalue weighted by atomic mass is 16.2. The number of nitrogens with one attached hydrogen (secondary N) is 1. The molecule has 1 N–H and O–H groups in total. The van der Waals surface area contributed by atoms with Gasteiger partial charge in [0.15, 0.2) is 0 Å². The molecule has 4 nitrogen and oxygen atoms in total. The van der Waals surface area contributed by atoms with Crippen molar-refractivity contribution in [3.63, 3.8) is 0 Å². The van der Waals surface area contributed by atoms with Gasteiger partial charge >= 0.3 is 0 Å². The van der Waals surface area contributed by atoms with Gasteiger partial charge in [-0.2, -0.15) is 5.10 Å². The summed E-state index contributed by atoms with van der Waals surface area (Å²) in [5.41, 5.74) is 2.04. The number of amides is 1. The Morgan fingerprint density at radius 2 is 2.40 bits per heavy atom. The van der Waals surface area contributed by atoms with Crippen LogP contribution in [0.1, 0.15) is 24.7 Å². The lowest BCUT2D eigenvalue weighted by Gasteiger charge is -2.00. The Hall–Kier alpha value is -1.32. The molecule has 2 atom stereocenters. The molecule has 1 fully saturated rings. The van der Waals surface area contributed by atoms with Crippen LogP contribution in [0.3, 0.4) is 0 Å². The molecule has 0 unspecified atom stereocenters. The van der Waals surface area contributed by atoms with Gasteiger partial charge in [0, 0.05) is 18.7 Å². The summed E-state index contributed by atoms with van der Waals surface area (Å²) in [5, 5.41) is 7.20. The van der Waals surface area contributed by atoms with Crippen LogP contribution < -0.4 is 5.32 Å². The average molecular weight is 207 g/mol. The van der Waals surface area contributed by atoms with Crippen LogP contribution in [0.5, 0.6) is 0 Å². The maximum Gasteiger partial charge on any atom is 0.223 e. The fourth-order valence-corrected chi connectivity index (χ4v) is 1.72. The number of hydrogen-bond acceptors (Lipinski definition) is 2. The van der Waals surface area contributed by atoms with E-state index in [0.717, 1.165) is 17.8 Å². The standard InChI is InChI=1S/C11H17N3O/c1-7-4-10(7)11(15)12-6-9-5-8(2)14(3)13-9/h5,7,10H,4,6H2,1-3H3,(H,12,15)/t7-,10+/m1/s1. The molecule has 4 heteroatoms. The molecule has 1 heterocycles. The summed E-state index contributed by atoms with van der Waals surface area (Å²) >= 11 is 0. The smallest absolute Gasteiger partial charge is 0.223 e. The van der Waals surface area contributed by atoms with Gasteiger partial charge in [0.2, 0.25) is 5.91 Å². The molecule has 0 radical (unpaired) electrons. The summed E-state index contributed by atoms with van der Waals surface area (Å²) in [5.74, 6) is 0.982. The Kier molecular flexibility index (Phi) is 2.50. The van der Waals surface area contributed by atoms with E-state index in [2.05, 4.69) is 17.3 Å². The van der Waals surface area contributed by atoms with E-state index in [0.29, 0.717) is 12.5 Å². The fraction of sp³-hybridized carbons (Fsp3) is 0.636. The SMILES string of the molecule is Cc1cc(CNC(=O)[C@H]2C[C@H]2C)nn1C. The summed E-state index contributed by atoms with van der Waals surface area (Å²) in [6, 6.07) is 2.00. The number of hydrogen-bond donors (Lipinski definition) is 1. The minimum absolute atomic E-state index is 0.172. The molecule has 1 aliphatic rings. The quantitative estimate of drug-likeness (QED) is 0.803. The van der Waals surface area contributed by atoms with Crippen LogP contribution in [0.15, 0.2) is 6.07 Å². The Balaban J connectivity index is 1.85. The van der Waals surface area contributed by atoms with Crippen molar-refractivity contribution in [3.8, 4) is 0 Å². The van der Waals surface area contributed by atoms with Crippen LogP contribution in [-0.2, 0) is 18.4 Å². The van der Waals surface area contributed by atoms with Crippen molar-refractivity contribution in [2.75, 3.05) is 0 Å². The lowest BCUT2D eigenvalue weighted by Crippen LogP contribution is -2.25. The summed E-state index contributed by atoms with van der Waals surface area (Å²) in [7, 11) is 1.91. The lowest BCUT2D eigenvalue weighted by atomic mass is 10.3. The molecule has 0 bridgehead atoms. The first kappa shape index (κ1) is 10.2. The molecule has 1 saturated carbocycles. The van der Waals surface area contributed by atoms with E-state index in [-0.39, 0.29) is 11.8 Å². The molecule has 1 aromatic rings. The second-order valence-corrected chi connectivity index (χ2v) is 4.44. The molecule has 0 saturated heterocycles. The maximum absolute atomic E-state index is 11.5. The number of aromatic nitrogens is 2. The first-order valence-electron chi connectivity index (χ1n) is 5.35. The molecule has 15 heavy (non-hydrogen) atoms. The Morgan fingerprint density at radius 1 is 1.73 bits per heavy atom. The van der Waals surface area contributed by atoms with Crippen LogP contribution >= 0.6 is 0 Å². The molecule has 1 amide bonds. The molecule has 2 rings (SSSR count). The largest absolute Gasteiger partial charge is 0.350 e. The average Bonchev–Trinajstić information content (AvgIpc) is 2.82. The third-order valence-corrected chi connectivity index (χ3v) is 3.05. The first-order chi connectivity index (χ1) is 7.08. The van der Waals surface area contributed by atoms with Gasteiger partial charge in [0.25, 0.3) is 0 Å². The zero-order valence-corrected chi connectivity index (χ0v) is 9.45. The van der Waals surface area contributed by atoms with Gasteiger partial charge in [0.05, 0.1) is 12.2 Å². The lowest BCUT2D eigenvalue weighted by molar-refractivity contribution is -0.122. The highest BCUT2D eigenvalue weighted by Crippen LogP contribution is 2.37. The summed E-state index contributed by atoms with van der Waals surface area (Å²) < 4.78 is 1.82. The van der Waals surface area contributed by atoms with E-state index < -0.39 is 0 Å². The van der Waals surface area contributed by atoms with Crippen molar-refractivity contribution in [2.45, 2.75) is 26.8 Å².